The zero-order chi connectivity index (χ0) is 15.4. The van der Waals surface area contributed by atoms with E-state index in [-0.39, 0.29) is 18.1 Å². The van der Waals surface area contributed by atoms with Gasteiger partial charge in [-0.3, -0.25) is 14.9 Å². The SMILES string of the molecule is Cc1c(CNC(=O)c2ccnc(Br)c2)cccc1[N+](=O)[O-]. The van der Waals surface area contributed by atoms with Crippen molar-refractivity contribution in [1.82, 2.24) is 10.3 Å². The molecule has 0 atom stereocenters. The largest absolute Gasteiger partial charge is 0.348 e. The predicted octanol–water partition coefficient (Wildman–Crippen LogP) is 2.99. The first-order valence-electron chi connectivity index (χ1n) is 6.11. The summed E-state index contributed by atoms with van der Waals surface area (Å²) >= 11 is 3.20. The summed E-state index contributed by atoms with van der Waals surface area (Å²) in [5, 5.41) is 13.6. The number of carbonyl (C=O) groups excluding carboxylic acids is 1. The predicted molar refractivity (Wildman–Crippen MR) is 80.9 cm³/mol. The molecule has 1 aromatic carbocycles. The van der Waals surface area contributed by atoms with E-state index in [1.807, 2.05) is 0 Å². The number of carbonyl (C=O) groups is 1. The van der Waals surface area contributed by atoms with E-state index in [2.05, 4.69) is 26.2 Å². The summed E-state index contributed by atoms with van der Waals surface area (Å²) < 4.78 is 0.571. The number of hydrogen-bond acceptors (Lipinski definition) is 4. The van der Waals surface area contributed by atoms with Crippen molar-refractivity contribution in [2.24, 2.45) is 0 Å². The second kappa shape index (κ2) is 6.45. The average Bonchev–Trinajstić information content (AvgIpc) is 2.45. The summed E-state index contributed by atoms with van der Waals surface area (Å²) in [7, 11) is 0. The summed E-state index contributed by atoms with van der Waals surface area (Å²) in [6.45, 7) is 1.90. The van der Waals surface area contributed by atoms with Gasteiger partial charge in [0.15, 0.2) is 0 Å². The van der Waals surface area contributed by atoms with Gasteiger partial charge < -0.3 is 5.32 Å². The molecule has 0 unspecified atom stereocenters. The standard InChI is InChI=1S/C14H12BrN3O3/c1-9-11(3-2-4-12(9)18(20)21)8-17-14(19)10-5-6-16-13(15)7-10/h2-7H,8H2,1H3,(H,17,19). The third-order valence-electron chi connectivity index (χ3n) is 3.04. The molecule has 2 aromatic rings. The first-order valence-corrected chi connectivity index (χ1v) is 6.91. The maximum Gasteiger partial charge on any atom is 0.272 e. The minimum absolute atomic E-state index is 0.0494. The van der Waals surface area contributed by atoms with Gasteiger partial charge in [-0.25, -0.2) is 4.98 Å². The molecule has 21 heavy (non-hydrogen) atoms. The molecule has 0 aliphatic carbocycles. The van der Waals surface area contributed by atoms with Crippen LogP contribution >= 0.6 is 15.9 Å². The molecule has 0 aliphatic rings. The average molecular weight is 350 g/mol. The molecule has 0 saturated carbocycles. The van der Waals surface area contributed by atoms with Gasteiger partial charge >= 0.3 is 0 Å². The highest BCUT2D eigenvalue weighted by Gasteiger charge is 2.14. The van der Waals surface area contributed by atoms with Crippen molar-refractivity contribution in [3.63, 3.8) is 0 Å². The van der Waals surface area contributed by atoms with Gasteiger partial charge in [0.25, 0.3) is 11.6 Å². The fourth-order valence-electron chi connectivity index (χ4n) is 1.88. The minimum atomic E-state index is -0.430. The Morgan fingerprint density at radius 2 is 2.19 bits per heavy atom. The smallest absolute Gasteiger partial charge is 0.272 e. The number of pyridine rings is 1. The van der Waals surface area contributed by atoms with Crippen LogP contribution in [-0.2, 0) is 6.54 Å². The highest BCUT2D eigenvalue weighted by Crippen LogP contribution is 2.21. The molecule has 0 spiro atoms. The van der Waals surface area contributed by atoms with Crippen LogP contribution in [-0.4, -0.2) is 15.8 Å². The zero-order valence-electron chi connectivity index (χ0n) is 11.2. The van der Waals surface area contributed by atoms with Crippen LogP contribution in [0.3, 0.4) is 0 Å². The lowest BCUT2D eigenvalue weighted by atomic mass is 10.1. The number of rotatable bonds is 4. The molecule has 1 N–H and O–H groups in total. The molecule has 7 heteroatoms. The molecule has 0 bridgehead atoms. The molecular formula is C14H12BrN3O3. The maximum atomic E-state index is 12.0. The van der Waals surface area contributed by atoms with Crippen LogP contribution in [0.5, 0.6) is 0 Å². The van der Waals surface area contributed by atoms with Crippen molar-refractivity contribution in [3.8, 4) is 0 Å². The van der Waals surface area contributed by atoms with E-state index in [1.165, 1.54) is 12.3 Å². The molecule has 0 saturated heterocycles. The van der Waals surface area contributed by atoms with E-state index < -0.39 is 4.92 Å². The van der Waals surface area contributed by atoms with Crippen LogP contribution in [0.25, 0.3) is 0 Å². The number of benzene rings is 1. The third kappa shape index (κ3) is 3.63. The molecule has 1 aromatic heterocycles. The van der Waals surface area contributed by atoms with E-state index in [9.17, 15) is 14.9 Å². The Bertz CT molecular complexity index is 704. The number of nitro groups is 1. The van der Waals surface area contributed by atoms with Gasteiger partial charge in [0.05, 0.1) is 4.92 Å². The first-order chi connectivity index (χ1) is 9.99. The number of aromatic nitrogens is 1. The molecular weight excluding hydrogens is 338 g/mol. The molecule has 0 radical (unpaired) electrons. The topological polar surface area (TPSA) is 85.1 Å². The quantitative estimate of drug-likeness (QED) is 0.522. The molecule has 0 aliphatic heterocycles. The highest BCUT2D eigenvalue weighted by molar-refractivity contribution is 9.10. The Kier molecular flexibility index (Phi) is 4.64. The summed E-state index contributed by atoms with van der Waals surface area (Å²) in [6, 6.07) is 8.01. The van der Waals surface area contributed by atoms with E-state index in [1.54, 1.807) is 31.2 Å². The van der Waals surface area contributed by atoms with Gasteiger partial charge in [0.1, 0.15) is 4.60 Å². The second-order valence-corrected chi connectivity index (χ2v) is 5.18. The van der Waals surface area contributed by atoms with E-state index in [0.717, 1.165) is 0 Å². The van der Waals surface area contributed by atoms with E-state index >= 15 is 0 Å². The van der Waals surface area contributed by atoms with Gasteiger partial charge in [-0.15, -0.1) is 0 Å². The lowest BCUT2D eigenvalue weighted by molar-refractivity contribution is -0.385. The molecule has 1 amide bonds. The van der Waals surface area contributed by atoms with Gasteiger partial charge in [-0.05, 0) is 40.5 Å². The number of nitrogens with zero attached hydrogens (tertiary/aromatic N) is 2. The Hall–Kier alpha value is -2.28. The molecule has 0 fully saturated rings. The van der Waals surface area contributed by atoms with Gasteiger partial charge in [0, 0.05) is 29.9 Å². The summed E-state index contributed by atoms with van der Waals surface area (Å²) in [6.07, 6.45) is 1.53. The number of halogens is 1. The van der Waals surface area contributed by atoms with Crippen LogP contribution in [0.4, 0.5) is 5.69 Å². The fourth-order valence-corrected chi connectivity index (χ4v) is 2.25. The maximum absolute atomic E-state index is 12.0. The normalized spacial score (nSPS) is 10.2. The number of hydrogen-bond donors (Lipinski definition) is 1. The van der Waals surface area contributed by atoms with E-state index in [4.69, 9.17) is 0 Å². The Labute approximate surface area is 129 Å². The van der Waals surface area contributed by atoms with Crippen molar-refractivity contribution >= 4 is 27.5 Å². The van der Waals surface area contributed by atoms with Crippen molar-refractivity contribution in [3.05, 3.63) is 67.9 Å². The first kappa shape index (κ1) is 15.1. The summed E-state index contributed by atoms with van der Waals surface area (Å²) in [4.78, 5) is 26.4. The van der Waals surface area contributed by atoms with Crippen molar-refractivity contribution in [1.29, 1.82) is 0 Å². The summed E-state index contributed by atoms with van der Waals surface area (Å²) in [5.74, 6) is -0.260. The Balaban J connectivity index is 2.12. The molecule has 2 rings (SSSR count). The molecule has 6 nitrogen and oxygen atoms in total. The zero-order valence-corrected chi connectivity index (χ0v) is 12.8. The lowest BCUT2D eigenvalue weighted by Crippen LogP contribution is -2.23. The number of nitro benzene ring substituents is 1. The number of nitrogens with one attached hydrogen (secondary N) is 1. The third-order valence-corrected chi connectivity index (χ3v) is 3.48. The molecule has 1 heterocycles. The van der Waals surface area contributed by atoms with Crippen molar-refractivity contribution in [2.75, 3.05) is 0 Å². The van der Waals surface area contributed by atoms with Crippen LogP contribution < -0.4 is 5.32 Å². The number of amides is 1. The monoisotopic (exact) mass is 349 g/mol. The van der Waals surface area contributed by atoms with Crippen molar-refractivity contribution < 1.29 is 9.72 Å². The van der Waals surface area contributed by atoms with Crippen LogP contribution in [0, 0.1) is 17.0 Å². The van der Waals surface area contributed by atoms with Gasteiger partial charge in [-0.1, -0.05) is 12.1 Å². The van der Waals surface area contributed by atoms with Gasteiger partial charge in [-0.2, -0.15) is 0 Å². The molecule has 108 valence electrons. The lowest BCUT2D eigenvalue weighted by Gasteiger charge is -2.08. The van der Waals surface area contributed by atoms with Crippen molar-refractivity contribution in [2.45, 2.75) is 13.5 Å². The Morgan fingerprint density at radius 3 is 2.86 bits per heavy atom. The highest BCUT2D eigenvalue weighted by atomic mass is 79.9. The Morgan fingerprint density at radius 1 is 1.43 bits per heavy atom. The van der Waals surface area contributed by atoms with E-state index in [0.29, 0.717) is 21.3 Å². The summed E-state index contributed by atoms with van der Waals surface area (Å²) in [5.41, 5.74) is 1.79. The van der Waals surface area contributed by atoms with Crippen LogP contribution in [0.15, 0.2) is 41.1 Å². The van der Waals surface area contributed by atoms with Crippen LogP contribution in [0.2, 0.25) is 0 Å². The van der Waals surface area contributed by atoms with Crippen LogP contribution in [0.1, 0.15) is 21.5 Å². The fraction of sp³-hybridized carbons (Fsp3) is 0.143. The second-order valence-electron chi connectivity index (χ2n) is 4.37. The minimum Gasteiger partial charge on any atom is -0.348 e. The van der Waals surface area contributed by atoms with Gasteiger partial charge in [0.2, 0.25) is 0 Å².